The van der Waals surface area contributed by atoms with Crippen LogP contribution in [0.15, 0.2) is 6.20 Å². The van der Waals surface area contributed by atoms with E-state index in [0.717, 1.165) is 31.7 Å². The molecular formula is C9H18N4O. The lowest BCUT2D eigenvalue weighted by molar-refractivity contribution is 0.136. The Morgan fingerprint density at radius 3 is 3.14 bits per heavy atom. The van der Waals surface area contributed by atoms with Crippen LogP contribution in [0.5, 0.6) is 0 Å². The van der Waals surface area contributed by atoms with E-state index in [2.05, 4.69) is 10.3 Å². The van der Waals surface area contributed by atoms with Crippen molar-refractivity contribution in [2.75, 3.05) is 19.8 Å². The molecular weight excluding hydrogens is 180 g/mol. The third-order valence-corrected chi connectivity index (χ3v) is 1.89. The number of nitrogens with two attached hydrogens (primary N) is 1. The highest BCUT2D eigenvalue weighted by atomic mass is 16.5. The molecule has 0 saturated heterocycles. The Morgan fingerprint density at radius 1 is 1.57 bits per heavy atom. The maximum atomic E-state index is 5.41. The molecule has 0 spiro atoms. The van der Waals surface area contributed by atoms with E-state index in [0.29, 0.717) is 13.2 Å². The van der Waals surface area contributed by atoms with Crippen LogP contribution < -0.4 is 5.73 Å². The third kappa shape index (κ3) is 3.85. The Kier molecular flexibility index (Phi) is 5.17. The van der Waals surface area contributed by atoms with Gasteiger partial charge in [-0.3, -0.25) is 0 Å². The first-order valence-electron chi connectivity index (χ1n) is 5.03. The minimum Gasteiger partial charge on any atom is -0.380 e. The summed E-state index contributed by atoms with van der Waals surface area (Å²) in [6.07, 6.45) is 3.82. The van der Waals surface area contributed by atoms with Crippen molar-refractivity contribution in [3.05, 3.63) is 11.9 Å². The second kappa shape index (κ2) is 6.50. The summed E-state index contributed by atoms with van der Waals surface area (Å²) >= 11 is 0. The molecule has 0 unspecified atom stereocenters. The summed E-state index contributed by atoms with van der Waals surface area (Å²) in [4.78, 5) is 0. The van der Waals surface area contributed by atoms with E-state index in [1.165, 1.54) is 0 Å². The second-order valence-corrected chi connectivity index (χ2v) is 3.06. The second-order valence-electron chi connectivity index (χ2n) is 3.06. The van der Waals surface area contributed by atoms with Gasteiger partial charge in [0.2, 0.25) is 0 Å². The zero-order chi connectivity index (χ0) is 10.2. The Balaban J connectivity index is 2.27. The van der Waals surface area contributed by atoms with E-state index in [1.807, 2.05) is 17.8 Å². The molecule has 1 aromatic heterocycles. The van der Waals surface area contributed by atoms with Crippen molar-refractivity contribution in [2.24, 2.45) is 5.73 Å². The third-order valence-electron chi connectivity index (χ3n) is 1.89. The maximum Gasteiger partial charge on any atom is 0.0827 e. The van der Waals surface area contributed by atoms with Crippen molar-refractivity contribution in [3.63, 3.8) is 0 Å². The number of aryl methyl sites for hydroxylation is 1. The molecule has 0 aliphatic carbocycles. The molecule has 1 rings (SSSR count). The average molecular weight is 198 g/mol. The van der Waals surface area contributed by atoms with Crippen LogP contribution in [0.2, 0.25) is 0 Å². The molecule has 1 aromatic rings. The molecule has 0 aromatic carbocycles. The fourth-order valence-electron chi connectivity index (χ4n) is 1.15. The normalized spacial score (nSPS) is 10.7. The lowest BCUT2D eigenvalue weighted by Crippen LogP contribution is -2.06. The van der Waals surface area contributed by atoms with Crippen LogP contribution in [0.1, 0.15) is 19.0 Å². The van der Waals surface area contributed by atoms with Crippen LogP contribution in [0, 0.1) is 0 Å². The minimum atomic E-state index is 0.691. The van der Waals surface area contributed by atoms with Crippen molar-refractivity contribution < 1.29 is 4.74 Å². The van der Waals surface area contributed by atoms with Gasteiger partial charge < -0.3 is 10.5 Å². The predicted octanol–water partition coefficient (Wildman–Crippen LogP) is 0.206. The molecule has 0 radical (unpaired) electrons. The molecule has 0 bridgehead atoms. The lowest BCUT2D eigenvalue weighted by atomic mass is 10.2. The van der Waals surface area contributed by atoms with Crippen LogP contribution in [0.25, 0.3) is 0 Å². The van der Waals surface area contributed by atoms with Crippen molar-refractivity contribution in [1.29, 1.82) is 0 Å². The van der Waals surface area contributed by atoms with E-state index < -0.39 is 0 Å². The number of rotatable bonds is 7. The summed E-state index contributed by atoms with van der Waals surface area (Å²) in [6.45, 7) is 4.88. The van der Waals surface area contributed by atoms with Gasteiger partial charge in [-0.05, 0) is 26.3 Å². The van der Waals surface area contributed by atoms with Crippen molar-refractivity contribution >= 4 is 0 Å². The van der Waals surface area contributed by atoms with Gasteiger partial charge in [0.15, 0.2) is 0 Å². The number of aromatic nitrogens is 3. The van der Waals surface area contributed by atoms with Gasteiger partial charge >= 0.3 is 0 Å². The molecule has 1 heterocycles. The Hall–Kier alpha value is -0.940. The van der Waals surface area contributed by atoms with Crippen molar-refractivity contribution in [1.82, 2.24) is 15.0 Å². The SMILES string of the molecule is CCOCCn1cc(CCCN)nn1. The van der Waals surface area contributed by atoms with Crippen LogP contribution in [0.4, 0.5) is 0 Å². The van der Waals surface area contributed by atoms with Crippen LogP contribution in [-0.4, -0.2) is 34.8 Å². The van der Waals surface area contributed by atoms with Crippen molar-refractivity contribution in [3.8, 4) is 0 Å². The summed E-state index contributed by atoms with van der Waals surface area (Å²) in [5, 5.41) is 8.02. The maximum absolute atomic E-state index is 5.41. The highest BCUT2D eigenvalue weighted by molar-refractivity contribution is 4.92. The van der Waals surface area contributed by atoms with Gasteiger partial charge in [0.05, 0.1) is 18.8 Å². The molecule has 0 fully saturated rings. The Labute approximate surface area is 84.2 Å². The number of nitrogens with zero attached hydrogens (tertiary/aromatic N) is 3. The first kappa shape index (κ1) is 11.1. The van der Waals surface area contributed by atoms with Gasteiger partial charge in [0.1, 0.15) is 0 Å². The molecule has 0 aliphatic rings. The van der Waals surface area contributed by atoms with Crippen molar-refractivity contribution in [2.45, 2.75) is 26.3 Å². The first-order chi connectivity index (χ1) is 6.86. The summed E-state index contributed by atoms with van der Waals surface area (Å²) < 4.78 is 7.03. The molecule has 80 valence electrons. The zero-order valence-corrected chi connectivity index (χ0v) is 8.65. The molecule has 2 N–H and O–H groups in total. The van der Waals surface area contributed by atoms with Crippen LogP contribution >= 0.6 is 0 Å². The topological polar surface area (TPSA) is 66.0 Å². The predicted molar refractivity (Wildman–Crippen MR) is 53.9 cm³/mol. The zero-order valence-electron chi connectivity index (χ0n) is 8.65. The van der Waals surface area contributed by atoms with Gasteiger partial charge in [-0.1, -0.05) is 5.21 Å². The van der Waals surface area contributed by atoms with Crippen LogP contribution in [0.3, 0.4) is 0 Å². The highest BCUT2D eigenvalue weighted by Gasteiger charge is 1.99. The largest absolute Gasteiger partial charge is 0.380 e. The summed E-state index contributed by atoms with van der Waals surface area (Å²) in [5.74, 6) is 0. The Morgan fingerprint density at radius 2 is 2.43 bits per heavy atom. The Bertz CT molecular complexity index is 249. The minimum absolute atomic E-state index is 0.691. The van der Waals surface area contributed by atoms with E-state index in [4.69, 9.17) is 10.5 Å². The monoisotopic (exact) mass is 198 g/mol. The van der Waals surface area contributed by atoms with Gasteiger partial charge in [0.25, 0.3) is 0 Å². The van der Waals surface area contributed by atoms with E-state index in [9.17, 15) is 0 Å². The highest BCUT2D eigenvalue weighted by Crippen LogP contribution is 1.96. The van der Waals surface area contributed by atoms with E-state index in [-0.39, 0.29) is 0 Å². The fraction of sp³-hybridized carbons (Fsp3) is 0.778. The molecule has 0 saturated carbocycles. The van der Waals surface area contributed by atoms with Gasteiger partial charge in [-0.15, -0.1) is 5.10 Å². The number of hydrogen-bond acceptors (Lipinski definition) is 4. The number of hydrogen-bond donors (Lipinski definition) is 1. The van der Waals surface area contributed by atoms with Gasteiger partial charge in [0, 0.05) is 12.8 Å². The standard InChI is InChI=1S/C9H18N4O/c1-2-14-7-6-13-8-9(11-12-13)4-3-5-10/h8H,2-7,10H2,1H3. The number of ether oxygens (including phenoxy) is 1. The molecule has 5 heteroatoms. The molecule has 5 nitrogen and oxygen atoms in total. The van der Waals surface area contributed by atoms with Gasteiger partial charge in [-0.25, -0.2) is 4.68 Å². The van der Waals surface area contributed by atoms with E-state index >= 15 is 0 Å². The molecule has 0 amide bonds. The molecule has 0 aliphatic heterocycles. The quantitative estimate of drug-likeness (QED) is 0.636. The summed E-state index contributed by atoms with van der Waals surface area (Å²) in [7, 11) is 0. The summed E-state index contributed by atoms with van der Waals surface area (Å²) in [5.41, 5.74) is 6.41. The summed E-state index contributed by atoms with van der Waals surface area (Å²) in [6, 6.07) is 0. The molecule has 14 heavy (non-hydrogen) atoms. The average Bonchev–Trinajstić information content (AvgIpc) is 2.63. The van der Waals surface area contributed by atoms with Gasteiger partial charge in [-0.2, -0.15) is 0 Å². The lowest BCUT2D eigenvalue weighted by Gasteiger charge is -1.99. The van der Waals surface area contributed by atoms with E-state index in [1.54, 1.807) is 0 Å². The molecule has 0 atom stereocenters. The van der Waals surface area contributed by atoms with Crippen LogP contribution in [-0.2, 0) is 17.7 Å². The fourth-order valence-corrected chi connectivity index (χ4v) is 1.15. The first-order valence-corrected chi connectivity index (χ1v) is 5.03. The smallest absolute Gasteiger partial charge is 0.0827 e.